The Balaban J connectivity index is 3.18. The van der Waals surface area contributed by atoms with Crippen LogP contribution in [0.3, 0.4) is 0 Å². The molecular weight excluding hydrogens is 190 g/mol. The van der Waals surface area contributed by atoms with Crippen molar-refractivity contribution in [1.82, 2.24) is 0 Å². The van der Waals surface area contributed by atoms with Gasteiger partial charge in [-0.2, -0.15) is 5.26 Å². The number of hydrogen-bond donors (Lipinski definition) is 0. The van der Waals surface area contributed by atoms with Crippen molar-refractivity contribution in [3.63, 3.8) is 0 Å². The Kier molecular flexibility index (Phi) is 3.79. The Bertz CT molecular complexity index is 376. The van der Waals surface area contributed by atoms with Gasteiger partial charge >= 0.3 is 0 Å². The van der Waals surface area contributed by atoms with Gasteiger partial charge in [-0.25, -0.2) is 0 Å². The van der Waals surface area contributed by atoms with Crippen molar-refractivity contribution in [2.75, 3.05) is 6.26 Å². The first-order valence-corrected chi connectivity index (χ1v) is 5.49. The average Bonchev–Trinajstić information content (AvgIpc) is 2.27. The lowest BCUT2D eigenvalue weighted by molar-refractivity contribution is 1.22. The normalized spacial score (nSPS) is 9.86. The lowest BCUT2D eigenvalue weighted by Gasteiger charge is -2.07. The summed E-state index contributed by atoms with van der Waals surface area (Å²) in [6, 6.07) is 8.01. The van der Waals surface area contributed by atoms with Crippen LogP contribution >= 0.6 is 11.8 Å². The van der Waals surface area contributed by atoms with Gasteiger partial charge in [0, 0.05) is 10.8 Å². The van der Waals surface area contributed by atoms with E-state index in [-0.39, 0.29) is 0 Å². The van der Waals surface area contributed by atoms with Gasteiger partial charge in [-0.05, 0) is 30.0 Å². The van der Waals surface area contributed by atoms with Crippen molar-refractivity contribution in [3.8, 4) is 6.07 Å². The van der Waals surface area contributed by atoms with Gasteiger partial charge in [0.15, 0.2) is 0 Å². The lowest BCUT2D eigenvalue weighted by Crippen LogP contribution is -1.91. The molecule has 1 nitrogen and oxygen atoms in total. The Morgan fingerprint density at radius 2 is 2.21 bits per heavy atom. The number of thioether (sulfide) groups is 1. The topological polar surface area (TPSA) is 23.8 Å². The summed E-state index contributed by atoms with van der Waals surface area (Å²) >= 11 is 1.64. The Labute approximate surface area is 89.4 Å². The Morgan fingerprint density at radius 3 is 2.71 bits per heavy atom. The van der Waals surface area contributed by atoms with Crippen LogP contribution in [-0.2, 0) is 0 Å². The first-order valence-electron chi connectivity index (χ1n) is 4.26. The van der Waals surface area contributed by atoms with Gasteiger partial charge in [0.2, 0.25) is 0 Å². The van der Waals surface area contributed by atoms with Crippen molar-refractivity contribution in [2.24, 2.45) is 0 Å². The molecule has 0 atom stereocenters. The van der Waals surface area contributed by atoms with Crippen molar-refractivity contribution in [3.05, 3.63) is 47.9 Å². The molecule has 0 bridgehead atoms. The summed E-state index contributed by atoms with van der Waals surface area (Å²) in [5.74, 6) is 1.09. The first-order chi connectivity index (χ1) is 6.71. The van der Waals surface area contributed by atoms with E-state index in [0.717, 1.165) is 16.4 Å². The van der Waals surface area contributed by atoms with Crippen molar-refractivity contribution < 1.29 is 0 Å². The molecule has 14 heavy (non-hydrogen) atoms. The number of allylic oxidation sites excluding steroid dienone is 1. The van der Waals surface area contributed by atoms with Crippen LogP contribution in [0.25, 0.3) is 0 Å². The zero-order valence-corrected chi connectivity index (χ0v) is 9.19. The molecule has 0 saturated carbocycles. The molecule has 0 aliphatic heterocycles. The summed E-state index contributed by atoms with van der Waals surface area (Å²) in [4.78, 5) is 1.11. The van der Waals surface area contributed by atoms with Gasteiger partial charge in [0.25, 0.3) is 0 Å². The molecule has 1 rings (SSSR count). The molecule has 1 aromatic rings. The second-order valence-electron chi connectivity index (χ2n) is 2.95. The highest BCUT2D eigenvalue weighted by Crippen LogP contribution is 2.23. The van der Waals surface area contributed by atoms with Gasteiger partial charge in [0.1, 0.15) is 0 Å². The molecule has 1 radical (unpaired) electrons. The predicted octanol–water partition coefficient (Wildman–Crippen LogP) is 3.41. The Hall–Kier alpha value is -1.20. The quantitative estimate of drug-likeness (QED) is 0.701. The average molecular weight is 202 g/mol. The van der Waals surface area contributed by atoms with E-state index in [1.165, 1.54) is 0 Å². The lowest BCUT2D eigenvalue weighted by atomic mass is 10.00. The van der Waals surface area contributed by atoms with Gasteiger partial charge in [-0.15, -0.1) is 18.3 Å². The van der Waals surface area contributed by atoms with Gasteiger partial charge in [0.05, 0.1) is 11.6 Å². The zero-order valence-electron chi connectivity index (χ0n) is 8.37. The maximum absolute atomic E-state index is 8.84. The van der Waals surface area contributed by atoms with Gasteiger partial charge < -0.3 is 0 Å². The number of rotatable bonds is 3. The predicted molar refractivity (Wildman–Crippen MR) is 61.2 cm³/mol. The molecule has 0 N–H and O–H groups in total. The fourth-order valence-electron chi connectivity index (χ4n) is 1.13. The van der Waals surface area contributed by atoms with E-state index in [1.54, 1.807) is 17.8 Å². The number of benzene rings is 1. The number of nitriles is 1. The van der Waals surface area contributed by atoms with E-state index >= 15 is 0 Å². The van der Waals surface area contributed by atoms with Crippen LogP contribution in [0.15, 0.2) is 35.7 Å². The highest BCUT2D eigenvalue weighted by atomic mass is 32.2. The van der Waals surface area contributed by atoms with Crippen molar-refractivity contribution >= 4 is 11.8 Å². The third kappa shape index (κ3) is 2.40. The minimum atomic E-state index is 0.702. The summed E-state index contributed by atoms with van der Waals surface area (Å²) in [6.07, 6.45) is 3.81. The highest BCUT2D eigenvalue weighted by molar-refractivity contribution is 7.98. The van der Waals surface area contributed by atoms with Crippen molar-refractivity contribution in [1.29, 1.82) is 5.26 Å². The molecule has 71 valence electrons. The fourth-order valence-corrected chi connectivity index (χ4v) is 1.62. The molecular formula is C12H12NS. The molecule has 0 fully saturated rings. The van der Waals surface area contributed by atoms with E-state index in [9.17, 15) is 0 Å². The van der Waals surface area contributed by atoms with Gasteiger partial charge in [-0.3, -0.25) is 0 Å². The third-order valence-electron chi connectivity index (χ3n) is 2.03. The maximum atomic E-state index is 8.84. The molecule has 0 aliphatic rings. The smallest absolute Gasteiger partial charge is 0.0992 e. The molecule has 2 heteroatoms. The fraction of sp³-hybridized carbons (Fsp3) is 0.167. The highest BCUT2D eigenvalue weighted by Gasteiger charge is 2.05. The number of nitrogens with zero attached hydrogens (tertiary/aromatic N) is 1. The minimum Gasteiger partial charge on any atom is -0.192 e. The summed E-state index contributed by atoms with van der Waals surface area (Å²) < 4.78 is 0. The summed E-state index contributed by atoms with van der Waals surface area (Å²) in [5.41, 5.74) is 1.77. The Morgan fingerprint density at radius 1 is 1.50 bits per heavy atom. The van der Waals surface area contributed by atoms with E-state index in [1.807, 2.05) is 25.3 Å². The molecule has 1 aromatic carbocycles. The maximum Gasteiger partial charge on any atom is 0.0992 e. The molecule has 0 aliphatic carbocycles. The van der Waals surface area contributed by atoms with E-state index in [4.69, 9.17) is 5.26 Å². The van der Waals surface area contributed by atoms with Crippen LogP contribution in [0.1, 0.15) is 18.1 Å². The number of hydrogen-bond acceptors (Lipinski definition) is 2. The third-order valence-corrected chi connectivity index (χ3v) is 2.74. The SMILES string of the molecule is C=C[C](C)c1cc(C#N)cc(SC)c1. The van der Waals surface area contributed by atoms with Crippen LogP contribution in [0.5, 0.6) is 0 Å². The standard InChI is InChI=1S/C12H12NS/c1-4-9(2)11-5-10(8-13)6-12(7-11)14-3/h4-7H,1H2,2-3H3. The molecule has 0 heterocycles. The summed E-state index contributed by atoms with van der Waals surface area (Å²) in [5, 5.41) is 8.84. The zero-order chi connectivity index (χ0) is 10.6. The second kappa shape index (κ2) is 4.88. The van der Waals surface area contributed by atoms with Crippen LogP contribution in [0.4, 0.5) is 0 Å². The molecule has 0 aromatic heterocycles. The van der Waals surface area contributed by atoms with Crippen LogP contribution < -0.4 is 0 Å². The van der Waals surface area contributed by atoms with Crippen LogP contribution in [0.2, 0.25) is 0 Å². The monoisotopic (exact) mass is 202 g/mol. The summed E-state index contributed by atoms with van der Waals surface area (Å²) in [6.45, 7) is 5.71. The second-order valence-corrected chi connectivity index (χ2v) is 3.83. The molecule has 0 spiro atoms. The molecule has 0 saturated heterocycles. The first kappa shape index (κ1) is 10.9. The van der Waals surface area contributed by atoms with Crippen LogP contribution in [0, 0.1) is 17.2 Å². The van der Waals surface area contributed by atoms with Crippen molar-refractivity contribution in [2.45, 2.75) is 11.8 Å². The van der Waals surface area contributed by atoms with Crippen LogP contribution in [-0.4, -0.2) is 6.26 Å². The summed E-state index contributed by atoms with van der Waals surface area (Å²) in [7, 11) is 0. The molecule has 0 unspecified atom stereocenters. The van der Waals surface area contributed by atoms with E-state index < -0.39 is 0 Å². The van der Waals surface area contributed by atoms with E-state index in [2.05, 4.69) is 18.7 Å². The van der Waals surface area contributed by atoms with Gasteiger partial charge in [-0.1, -0.05) is 13.0 Å². The van der Waals surface area contributed by atoms with E-state index in [0.29, 0.717) is 5.56 Å². The molecule has 0 amide bonds. The largest absolute Gasteiger partial charge is 0.192 e. The minimum absolute atomic E-state index is 0.702.